The summed E-state index contributed by atoms with van der Waals surface area (Å²) in [4.78, 5) is 32.0. The highest BCUT2D eigenvalue weighted by Gasteiger charge is 2.32. The second-order valence-electron chi connectivity index (χ2n) is 8.87. The molecule has 0 saturated heterocycles. The molecule has 1 fully saturated rings. The molecule has 0 radical (unpaired) electrons. The maximum Gasteiger partial charge on any atom is 0.433 e. The maximum absolute atomic E-state index is 12.6. The van der Waals surface area contributed by atoms with E-state index in [1.54, 1.807) is 12.1 Å². The van der Waals surface area contributed by atoms with Gasteiger partial charge >= 0.3 is 12.1 Å². The second kappa shape index (κ2) is 10.9. The lowest BCUT2D eigenvalue weighted by Gasteiger charge is -2.31. The summed E-state index contributed by atoms with van der Waals surface area (Å²) in [7, 11) is 1.42. The third kappa shape index (κ3) is 6.08. The fraction of sp³-hybridized carbons (Fsp3) is 0.333. The number of carbonyl (C=O) groups is 2. The van der Waals surface area contributed by atoms with Crippen LogP contribution in [-0.2, 0) is 15.7 Å². The van der Waals surface area contributed by atoms with Crippen molar-refractivity contribution < 1.29 is 27.5 Å². The number of carbonyl (C=O) groups excluding carboxylic acids is 2. The van der Waals surface area contributed by atoms with Crippen LogP contribution in [0.25, 0.3) is 11.3 Å². The average molecular weight is 498 g/mol. The molecule has 2 unspecified atom stereocenters. The van der Waals surface area contributed by atoms with Gasteiger partial charge in [0.2, 0.25) is 0 Å². The van der Waals surface area contributed by atoms with Crippen LogP contribution in [0.4, 0.5) is 18.9 Å². The van der Waals surface area contributed by atoms with Crippen molar-refractivity contribution in [2.75, 3.05) is 12.4 Å². The highest BCUT2D eigenvalue weighted by Crippen LogP contribution is 2.40. The Hall–Kier alpha value is -3.75. The van der Waals surface area contributed by atoms with Gasteiger partial charge in [0.15, 0.2) is 0 Å². The predicted octanol–water partition coefficient (Wildman–Crippen LogP) is 6.25. The third-order valence-electron chi connectivity index (χ3n) is 6.54. The van der Waals surface area contributed by atoms with Gasteiger partial charge in [0.05, 0.1) is 30.3 Å². The lowest BCUT2D eigenvalue weighted by atomic mass is 9.74. The first kappa shape index (κ1) is 25.3. The van der Waals surface area contributed by atoms with Crippen LogP contribution >= 0.6 is 0 Å². The number of hydrogen-bond acceptors (Lipinski definition) is 5. The van der Waals surface area contributed by atoms with Crippen molar-refractivity contribution in [1.29, 1.82) is 0 Å². The van der Waals surface area contributed by atoms with Gasteiger partial charge in [-0.05, 0) is 54.5 Å². The van der Waals surface area contributed by atoms with Crippen LogP contribution in [0, 0.1) is 5.92 Å². The Labute approximate surface area is 206 Å². The molecule has 188 valence electrons. The predicted molar refractivity (Wildman–Crippen MR) is 128 cm³/mol. The van der Waals surface area contributed by atoms with Crippen molar-refractivity contribution in [2.24, 2.45) is 5.92 Å². The van der Waals surface area contributed by atoms with Crippen LogP contribution in [0.1, 0.15) is 59.6 Å². The van der Waals surface area contributed by atoms with Crippen LogP contribution < -0.4 is 5.32 Å². The van der Waals surface area contributed by atoms with Crippen LogP contribution in [-0.4, -0.2) is 29.0 Å². The number of amides is 1. The topological polar surface area (TPSA) is 81.2 Å². The van der Waals surface area contributed by atoms with E-state index in [2.05, 4.69) is 27.4 Å². The Balaban J connectivity index is 1.41. The van der Waals surface area contributed by atoms with Crippen LogP contribution in [0.3, 0.4) is 0 Å². The molecule has 2 heterocycles. The second-order valence-corrected chi connectivity index (χ2v) is 8.87. The van der Waals surface area contributed by atoms with E-state index in [0.717, 1.165) is 49.6 Å². The standard InChI is InChI=1S/C27H26F3N3O3/c1-36-25(34)14-19-4-2-3-5-22(19)17-6-8-18(9-7-17)23-12-10-20(15-31-23)26(35)33-21-11-13-24(32-16-21)27(28,29)30/h6-13,15-16,19,22H,2-5,14H2,1H3,(H,33,35). The number of hydrogen-bond donors (Lipinski definition) is 1. The number of nitrogens with one attached hydrogen (secondary N) is 1. The molecule has 0 bridgehead atoms. The molecule has 0 spiro atoms. The Morgan fingerprint density at radius 3 is 2.33 bits per heavy atom. The minimum atomic E-state index is -4.54. The Morgan fingerprint density at radius 1 is 0.972 bits per heavy atom. The molecule has 4 rings (SSSR count). The highest BCUT2D eigenvalue weighted by molar-refractivity contribution is 6.04. The number of anilines is 1. The molecule has 9 heteroatoms. The van der Waals surface area contributed by atoms with Gasteiger partial charge in [-0.25, -0.2) is 4.98 Å². The molecule has 1 saturated carbocycles. The number of halogens is 3. The lowest BCUT2D eigenvalue weighted by molar-refractivity contribution is -0.142. The van der Waals surface area contributed by atoms with Crippen LogP contribution in [0.5, 0.6) is 0 Å². The van der Waals surface area contributed by atoms with Crippen molar-refractivity contribution in [3.8, 4) is 11.3 Å². The molecule has 6 nitrogen and oxygen atoms in total. The largest absolute Gasteiger partial charge is 0.469 e. The zero-order valence-corrected chi connectivity index (χ0v) is 19.7. The van der Waals surface area contributed by atoms with Crippen molar-refractivity contribution in [1.82, 2.24) is 9.97 Å². The summed E-state index contributed by atoms with van der Waals surface area (Å²) in [6, 6.07) is 13.4. The first-order valence-corrected chi connectivity index (χ1v) is 11.7. The van der Waals surface area contributed by atoms with E-state index in [1.165, 1.54) is 18.9 Å². The summed E-state index contributed by atoms with van der Waals surface area (Å²) in [6.07, 6.45) is 2.58. The number of alkyl halides is 3. The van der Waals surface area contributed by atoms with Crippen LogP contribution in [0.15, 0.2) is 60.9 Å². The number of ether oxygens (including phenoxy) is 1. The van der Waals surface area contributed by atoms with Gasteiger partial charge < -0.3 is 10.1 Å². The van der Waals surface area contributed by atoms with Gasteiger partial charge in [-0.3, -0.25) is 14.6 Å². The normalized spacial score (nSPS) is 17.9. The summed E-state index contributed by atoms with van der Waals surface area (Å²) in [6.45, 7) is 0. The van der Waals surface area contributed by atoms with Gasteiger partial charge in [-0.2, -0.15) is 13.2 Å². The Morgan fingerprint density at radius 2 is 1.72 bits per heavy atom. The van der Waals surface area contributed by atoms with Gasteiger partial charge in [0.1, 0.15) is 5.69 Å². The van der Waals surface area contributed by atoms with E-state index in [9.17, 15) is 22.8 Å². The van der Waals surface area contributed by atoms with Gasteiger partial charge in [-0.15, -0.1) is 0 Å². The lowest BCUT2D eigenvalue weighted by Crippen LogP contribution is -2.21. The monoisotopic (exact) mass is 497 g/mol. The number of benzene rings is 1. The minimum Gasteiger partial charge on any atom is -0.469 e. The molecule has 3 aromatic rings. The quantitative estimate of drug-likeness (QED) is 0.407. The molecular formula is C27H26F3N3O3. The zero-order chi connectivity index (χ0) is 25.7. The maximum atomic E-state index is 12.6. The van der Waals surface area contributed by atoms with Gasteiger partial charge in [-0.1, -0.05) is 37.1 Å². The molecule has 1 aromatic carbocycles. The summed E-state index contributed by atoms with van der Waals surface area (Å²) in [5.74, 6) is -0.0928. The van der Waals surface area contributed by atoms with Crippen molar-refractivity contribution in [3.63, 3.8) is 0 Å². The number of rotatable bonds is 6. The molecule has 0 aliphatic heterocycles. The van der Waals surface area contributed by atoms with E-state index in [4.69, 9.17) is 4.74 Å². The van der Waals surface area contributed by atoms with Crippen LogP contribution in [0.2, 0.25) is 0 Å². The smallest absolute Gasteiger partial charge is 0.433 e. The number of methoxy groups -OCH3 is 1. The van der Waals surface area contributed by atoms with Crippen molar-refractivity contribution in [3.05, 3.63) is 77.7 Å². The fourth-order valence-electron chi connectivity index (χ4n) is 4.63. The van der Waals surface area contributed by atoms with E-state index < -0.39 is 17.8 Å². The summed E-state index contributed by atoms with van der Waals surface area (Å²) >= 11 is 0. The minimum absolute atomic E-state index is 0.154. The summed E-state index contributed by atoms with van der Waals surface area (Å²) in [5, 5.41) is 2.52. The SMILES string of the molecule is COC(=O)CC1CCCCC1c1ccc(-c2ccc(C(=O)Nc3ccc(C(F)(F)F)nc3)cn2)cc1. The molecule has 2 aromatic heterocycles. The number of aromatic nitrogens is 2. The molecule has 1 amide bonds. The van der Waals surface area contributed by atoms with Crippen molar-refractivity contribution >= 4 is 17.6 Å². The first-order valence-electron chi connectivity index (χ1n) is 11.7. The molecule has 2 atom stereocenters. The number of nitrogens with zero attached hydrogens (tertiary/aromatic N) is 2. The van der Waals surface area contributed by atoms with E-state index in [-0.39, 0.29) is 23.1 Å². The van der Waals surface area contributed by atoms with E-state index in [1.807, 2.05) is 12.1 Å². The summed E-state index contributed by atoms with van der Waals surface area (Å²) in [5.41, 5.74) is 2.15. The molecule has 1 N–H and O–H groups in total. The first-order chi connectivity index (χ1) is 17.2. The Bertz CT molecular complexity index is 1190. The molecule has 36 heavy (non-hydrogen) atoms. The van der Waals surface area contributed by atoms with E-state index in [0.29, 0.717) is 18.0 Å². The van der Waals surface area contributed by atoms with Crippen molar-refractivity contribution in [2.45, 2.75) is 44.2 Å². The summed E-state index contributed by atoms with van der Waals surface area (Å²) < 4.78 is 42.8. The van der Waals surface area contributed by atoms with Gasteiger partial charge in [0.25, 0.3) is 5.91 Å². The third-order valence-corrected chi connectivity index (χ3v) is 6.54. The molecular weight excluding hydrogens is 471 g/mol. The number of pyridine rings is 2. The van der Waals surface area contributed by atoms with Gasteiger partial charge in [0, 0.05) is 18.2 Å². The highest BCUT2D eigenvalue weighted by atomic mass is 19.4. The Kier molecular flexibility index (Phi) is 7.67. The molecule has 1 aliphatic carbocycles. The fourth-order valence-corrected chi connectivity index (χ4v) is 4.63. The molecule has 1 aliphatic rings. The number of esters is 1. The average Bonchev–Trinajstić information content (AvgIpc) is 2.89. The zero-order valence-electron chi connectivity index (χ0n) is 19.7. The van der Waals surface area contributed by atoms with E-state index >= 15 is 0 Å².